The Morgan fingerprint density at radius 1 is 0.825 bits per heavy atom. The van der Waals surface area contributed by atoms with Gasteiger partial charge >= 0.3 is 0 Å². The maximum atomic E-state index is 13.2. The van der Waals surface area contributed by atoms with Crippen molar-refractivity contribution in [1.82, 2.24) is 5.32 Å². The highest BCUT2D eigenvalue weighted by Gasteiger charge is 2.16. The van der Waals surface area contributed by atoms with Gasteiger partial charge in [0.05, 0.1) is 5.75 Å². The molecule has 1 aromatic heterocycles. The third-order valence-corrected chi connectivity index (χ3v) is 7.46. The van der Waals surface area contributed by atoms with Crippen molar-refractivity contribution in [1.29, 1.82) is 0 Å². The number of nitrogens with one attached hydrogen (secondary N) is 3. The molecular formula is C30H25N3O5S2. The summed E-state index contributed by atoms with van der Waals surface area (Å²) < 4.78 is 11.1. The van der Waals surface area contributed by atoms with Crippen molar-refractivity contribution in [2.75, 3.05) is 29.6 Å². The Balaban J connectivity index is 1.21. The lowest BCUT2D eigenvalue weighted by Crippen LogP contribution is -2.30. The Labute approximate surface area is 239 Å². The number of anilines is 2. The van der Waals surface area contributed by atoms with Crippen molar-refractivity contribution in [2.24, 2.45) is 0 Å². The average molecular weight is 572 g/mol. The zero-order chi connectivity index (χ0) is 27.7. The SMILES string of the molecule is O=C(CSc1cccc(NC(=O)/C(=C/c2cccs2)NC(=O)c2ccccc2)c1)Nc1ccc2c(c1)OCCO2. The average Bonchev–Trinajstić information content (AvgIpc) is 3.49. The van der Waals surface area contributed by atoms with Crippen molar-refractivity contribution in [2.45, 2.75) is 4.90 Å². The van der Waals surface area contributed by atoms with Crippen LogP contribution in [-0.2, 0) is 9.59 Å². The van der Waals surface area contributed by atoms with Crippen LogP contribution in [0.25, 0.3) is 6.08 Å². The number of amides is 3. The van der Waals surface area contributed by atoms with E-state index in [0.29, 0.717) is 41.7 Å². The number of rotatable bonds is 9. The number of carbonyl (C=O) groups is 3. The Morgan fingerprint density at radius 2 is 1.62 bits per heavy atom. The first-order valence-corrected chi connectivity index (χ1v) is 14.3. The summed E-state index contributed by atoms with van der Waals surface area (Å²) in [5.74, 6) is 0.407. The smallest absolute Gasteiger partial charge is 0.272 e. The highest BCUT2D eigenvalue weighted by molar-refractivity contribution is 8.00. The van der Waals surface area contributed by atoms with Crippen LogP contribution in [0.2, 0.25) is 0 Å². The predicted octanol–water partition coefficient (Wildman–Crippen LogP) is 5.66. The van der Waals surface area contributed by atoms with Crippen molar-refractivity contribution in [3.8, 4) is 11.5 Å². The molecule has 0 saturated heterocycles. The van der Waals surface area contributed by atoms with E-state index < -0.39 is 5.91 Å². The standard InChI is InChI=1S/C30H25N3O5S2/c34-28(31-22-11-12-26-27(17-22)38-14-13-37-26)19-40-23-9-4-8-21(16-23)32-30(36)25(18-24-10-5-15-39-24)33-29(35)20-6-2-1-3-7-20/h1-12,15-18H,13-14,19H2,(H,31,34)(H,32,36)(H,33,35)/b25-18-. The molecule has 1 aliphatic rings. The van der Waals surface area contributed by atoms with Gasteiger partial charge in [0, 0.05) is 32.8 Å². The molecule has 2 heterocycles. The van der Waals surface area contributed by atoms with Crippen LogP contribution >= 0.6 is 23.1 Å². The van der Waals surface area contributed by atoms with E-state index in [2.05, 4.69) is 16.0 Å². The second-order valence-electron chi connectivity index (χ2n) is 8.57. The lowest BCUT2D eigenvalue weighted by Gasteiger charge is -2.19. The Morgan fingerprint density at radius 3 is 2.42 bits per heavy atom. The normalized spacial score (nSPS) is 12.3. The number of ether oxygens (including phenoxy) is 2. The lowest BCUT2D eigenvalue weighted by molar-refractivity contribution is -0.114. The van der Waals surface area contributed by atoms with Gasteiger partial charge < -0.3 is 25.4 Å². The molecule has 40 heavy (non-hydrogen) atoms. The molecule has 0 atom stereocenters. The molecular weight excluding hydrogens is 546 g/mol. The molecule has 0 bridgehead atoms. The minimum absolute atomic E-state index is 0.119. The Hall–Kier alpha value is -4.54. The summed E-state index contributed by atoms with van der Waals surface area (Å²) in [5, 5.41) is 10.3. The van der Waals surface area contributed by atoms with Gasteiger partial charge in [0.2, 0.25) is 5.91 Å². The summed E-state index contributed by atoms with van der Waals surface area (Å²) in [4.78, 5) is 40.2. The maximum Gasteiger partial charge on any atom is 0.272 e. The van der Waals surface area contributed by atoms with Crippen molar-refractivity contribution in [3.05, 3.63) is 106 Å². The largest absolute Gasteiger partial charge is 0.486 e. The van der Waals surface area contributed by atoms with Crippen molar-refractivity contribution in [3.63, 3.8) is 0 Å². The van der Waals surface area contributed by atoms with Crippen LogP contribution in [-0.4, -0.2) is 36.7 Å². The summed E-state index contributed by atoms with van der Waals surface area (Å²) >= 11 is 2.79. The topological polar surface area (TPSA) is 106 Å². The summed E-state index contributed by atoms with van der Waals surface area (Å²) in [5.41, 5.74) is 1.72. The number of hydrogen-bond acceptors (Lipinski definition) is 7. The van der Waals surface area contributed by atoms with Crippen LogP contribution < -0.4 is 25.4 Å². The number of thioether (sulfide) groups is 1. The minimum Gasteiger partial charge on any atom is -0.486 e. The fraction of sp³-hybridized carbons (Fsp3) is 0.100. The first-order valence-electron chi connectivity index (χ1n) is 12.4. The van der Waals surface area contributed by atoms with E-state index in [9.17, 15) is 14.4 Å². The summed E-state index contributed by atoms with van der Waals surface area (Å²) in [7, 11) is 0. The quantitative estimate of drug-likeness (QED) is 0.177. The first-order chi connectivity index (χ1) is 19.5. The van der Waals surface area contributed by atoms with E-state index in [1.54, 1.807) is 66.7 Å². The van der Waals surface area contributed by atoms with Gasteiger partial charge in [0.25, 0.3) is 11.8 Å². The molecule has 5 rings (SSSR count). The Kier molecular flexibility index (Phi) is 8.79. The van der Waals surface area contributed by atoms with Gasteiger partial charge in [-0.25, -0.2) is 0 Å². The van der Waals surface area contributed by atoms with Gasteiger partial charge in [-0.05, 0) is 60.0 Å². The summed E-state index contributed by atoms with van der Waals surface area (Å²) in [6, 6.07) is 24.9. The molecule has 3 amide bonds. The molecule has 3 N–H and O–H groups in total. The number of hydrogen-bond donors (Lipinski definition) is 3. The maximum absolute atomic E-state index is 13.2. The van der Waals surface area contributed by atoms with E-state index >= 15 is 0 Å². The van der Waals surface area contributed by atoms with Crippen LogP contribution in [0.15, 0.2) is 101 Å². The molecule has 0 aliphatic carbocycles. The number of carbonyl (C=O) groups excluding carboxylic acids is 3. The third kappa shape index (κ3) is 7.31. The molecule has 1 aliphatic heterocycles. The molecule has 202 valence electrons. The summed E-state index contributed by atoms with van der Waals surface area (Å²) in [6.07, 6.45) is 1.64. The zero-order valence-electron chi connectivity index (χ0n) is 21.2. The fourth-order valence-corrected chi connectivity index (χ4v) is 5.20. The van der Waals surface area contributed by atoms with E-state index in [0.717, 1.165) is 9.77 Å². The first kappa shape index (κ1) is 27.0. The van der Waals surface area contributed by atoms with Crippen LogP contribution in [0.4, 0.5) is 11.4 Å². The van der Waals surface area contributed by atoms with Crippen LogP contribution in [0.1, 0.15) is 15.2 Å². The van der Waals surface area contributed by atoms with Gasteiger partial charge in [-0.2, -0.15) is 0 Å². The van der Waals surface area contributed by atoms with Crippen molar-refractivity contribution >= 4 is 58.3 Å². The number of fused-ring (bicyclic) bond motifs is 1. The number of benzene rings is 3. The predicted molar refractivity (Wildman–Crippen MR) is 158 cm³/mol. The highest BCUT2D eigenvalue weighted by atomic mass is 32.2. The lowest BCUT2D eigenvalue weighted by atomic mass is 10.2. The molecule has 3 aromatic carbocycles. The third-order valence-electron chi connectivity index (χ3n) is 5.65. The zero-order valence-corrected chi connectivity index (χ0v) is 22.8. The fourth-order valence-electron chi connectivity index (χ4n) is 3.79. The molecule has 0 saturated carbocycles. The van der Waals surface area contributed by atoms with E-state index in [1.165, 1.54) is 23.1 Å². The second-order valence-corrected chi connectivity index (χ2v) is 10.6. The minimum atomic E-state index is -0.462. The van der Waals surface area contributed by atoms with E-state index in [1.807, 2.05) is 29.6 Å². The molecule has 0 fully saturated rings. The van der Waals surface area contributed by atoms with E-state index in [4.69, 9.17) is 9.47 Å². The highest BCUT2D eigenvalue weighted by Crippen LogP contribution is 2.32. The molecule has 8 nitrogen and oxygen atoms in total. The van der Waals surface area contributed by atoms with Gasteiger partial charge in [0.1, 0.15) is 18.9 Å². The van der Waals surface area contributed by atoms with Crippen LogP contribution in [0.5, 0.6) is 11.5 Å². The second kappa shape index (κ2) is 13.0. The Bertz CT molecular complexity index is 1540. The van der Waals surface area contributed by atoms with Gasteiger partial charge in [-0.3, -0.25) is 14.4 Å². The van der Waals surface area contributed by atoms with Crippen LogP contribution in [0, 0.1) is 0 Å². The van der Waals surface area contributed by atoms with Crippen LogP contribution in [0.3, 0.4) is 0 Å². The number of thiophene rings is 1. The van der Waals surface area contributed by atoms with E-state index in [-0.39, 0.29) is 23.3 Å². The van der Waals surface area contributed by atoms with Crippen molar-refractivity contribution < 1.29 is 23.9 Å². The summed E-state index contributed by atoms with van der Waals surface area (Å²) in [6.45, 7) is 0.973. The van der Waals surface area contributed by atoms with Gasteiger partial charge in [-0.15, -0.1) is 23.1 Å². The molecule has 0 radical (unpaired) electrons. The molecule has 4 aromatic rings. The molecule has 0 unspecified atom stereocenters. The molecule has 10 heteroatoms. The van der Waals surface area contributed by atoms with Gasteiger partial charge in [-0.1, -0.05) is 30.3 Å². The molecule has 0 spiro atoms. The van der Waals surface area contributed by atoms with Gasteiger partial charge in [0.15, 0.2) is 11.5 Å². The monoisotopic (exact) mass is 571 g/mol.